The molecule has 12 heteroatoms. The standard InChI is InChI=1S/2C4H7NO4.2Zn/c2*5-2(4(8)9)1-3(6)7;;/h2*2H,1,5H2,(H,6,7)(H,8,9);;/t2*2-;;/m11../s1. The number of hydrogen-bond acceptors (Lipinski definition) is 6. The molecule has 0 aliphatic rings. The van der Waals surface area contributed by atoms with Gasteiger partial charge in [0.05, 0.1) is 12.8 Å². The van der Waals surface area contributed by atoms with E-state index in [2.05, 4.69) is 0 Å². The van der Waals surface area contributed by atoms with Crippen LogP contribution >= 0.6 is 0 Å². The van der Waals surface area contributed by atoms with Gasteiger partial charge in [-0.3, -0.25) is 19.2 Å². The smallest absolute Gasteiger partial charge is 0.321 e. The Labute approximate surface area is 139 Å². The number of carboxylic acids is 4. The van der Waals surface area contributed by atoms with E-state index < -0.39 is 48.8 Å². The van der Waals surface area contributed by atoms with E-state index in [-0.39, 0.29) is 39.0 Å². The second-order valence-electron chi connectivity index (χ2n) is 3.09. The van der Waals surface area contributed by atoms with Crippen molar-refractivity contribution in [2.75, 3.05) is 0 Å². The van der Waals surface area contributed by atoms with E-state index in [1.54, 1.807) is 0 Å². The molecule has 0 amide bonds. The first-order valence-corrected chi connectivity index (χ1v) is 4.48. The van der Waals surface area contributed by atoms with Crippen molar-refractivity contribution >= 4 is 23.9 Å². The third kappa shape index (κ3) is 19.4. The summed E-state index contributed by atoms with van der Waals surface area (Å²) in [5.41, 5.74) is 9.67. The molecule has 108 valence electrons. The molecule has 0 aromatic heterocycles. The van der Waals surface area contributed by atoms with E-state index in [1.165, 1.54) is 0 Å². The molecule has 20 heavy (non-hydrogen) atoms. The molecule has 0 bridgehead atoms. The van der Waals surface area contributed by atoms with Gasteiger partial charge in [-0.2, -0.15) is 0 Å². The zero-order chi connectivity index (χ0) is 14.9. The number of hydrogen-bond donors (Lipinski definition) is 6. The second kappa shape index (κ2) is 14.5. The van der Waals surface area contributed by atoms with Gasteiger partial charge >= 0.3 is 23.9 Å². The van der Waals surface area contributed by atoms with Gasteiger partial charge in [0.25, 0.3) is 0 Å². The van der Waals surface area contributed by atoms with Crippen molar-refractivity contribution in [1.29, 1.82) is 0 Å². The van der Waals surface area contributed by atoms with Gasteiger partial charge in [-0.05, 0) is 0 Å². The predicted molar refractivity (Wildman–Crippen MR) is 55.7 cm³/mol. The van der Waals surface area contributed by atoms with Gasteiger partial charge in [0.1, 0.15) is 12.1 Å². The van der Waals surface area contributed by atoms with Crippen LogP contribution in [0.2, 0.25) is 0 Å². The van der Waals surface area contributed by atoms with Crippen LogP contribution in [0.1, 0.15) is 12.8 Å². The fraction of sp³-hybridized carbons (Fsp3) is 0.500. The van der Waals surface area contributed by atoms with Crippen molar-refractivity contribution in [1.82, 2.24) is 0 Å². The normalized spacial score (nSPS) is 11.3. The van der Waals surface area contributed by atoms with E-state index in [4.69, 9.17) is 31.9 Å². The van der Waals surface area contributed by atoms with Crippen molar-refractivity contribution in [2.24, 2.45) is 11.5 Å². The first-order chi connectivity index (χ1) is 8.07. The van der Waals surface area contributed by atoms with Crippen LogP contribution in [0.25, 0.3) is 0 Å². The van der Waals surface area contributed by atoms with Crippen molar-refractivity contribution in [2.45, 2.75) is 24.9 Å². The van der Waals surface area contributed by atoms with Crippen LogP contribution in [0.15, 0.2) is 0 Å². The molecule has 0 fully saturated rings. The molecule has 0 aromatic rings. The molecule has 2 atom stereocenters. The number of aliphatic carboxylic acids is 4. The topological polar surface area (TPSA) is 201 Å². The summed E-state index contributed by atoms with van der Waals surface area (Å²) in [6, 6.07) is -2.58. The maximum atomic E-state index is 9.85. The largest absolute Gasteiger partial charge is 0.481 e. The summed E-state index contributed by atoms with van der Waals surface area (Å²) in [4.78, 5) is 39.2. The van der Waals surface area contributed by atoms with Crippen LogP contribution in [0.3, 0.4) is 0 Å². The molecule has 0 rings (SSSR count). The van der Waals surface area contributed by atoms with Crippen molar-refractivity contribution in [3.63, 3.8) is 0 Å². The minimum Gasteiger partial charge on any atom is -0.481 e. The van der Waals surface area contributed by atoms with E-state index in [1.807, 2.05) is 0 Å². The molecule has 0 unspecified atom stereocenters. The predicted octanol–water partition coefficient (Wildman–Crippen LogP) is -2.26. The molecule has 0 saturated heterocycles. The third-order valence-corrected chi connectivity index (χ3v) is 1.42. The Bertz CT molecular complexity index is 306. The zero-order valence-corrected chi connectivity index (χ0v) is 16.5. The molecule has 0 radical (unpaired) electrons. The number of carboxylic acid groups (broad SMARTS) is 4. The fourth-order valence-electron chi connectivity index (χ4n) is 0.551. The van der Waals surface area contributed by atoms with Gasteiger partial charge in [0, 0.05) is 39.0 Å². The van der Waals surface area contributed by atoms with Gasteiger partial charge in [0.15, 0.2) is 0 Å². The summed E-state index contributed by atoms with van der Waals surface area (Å²) in [7, 11) is 0. The third-order valence-electron chi connectivity index (χ3n) is 1.42. The summed E-state index contributed by atoms with van der Waals surface area (Å²) in [5.74, 6) is -5.00. The molecule has 0 heterocycles. The maximum Gasteiger partial charge on any atom is 0.321 e. The van der Waals surface area contributed by atoms with Gasteiger partial charge in [0.2, 0.25) is 0 Å². The maximum absolute atomic E-state index is 9.85. The number of carbonyl (C=O) groups is 4. The SMILES string of the molecule is N[C@H](CC(=O)O)C(=O)O.N[C@H](CC(=O)O)C(=O)O.[Zn].[Zn]. The van der Waals surface area contributed by atoms with Gasteiger partial charge in [-0.15, -0.1) is 0 Å². The molecule has 0 spiro atoms. The first-order valence-electron chi connectivity index (χ1n) is 4.48. The van der Waals surface area contributed by atoms with Crippen LogP contribution in [-0.2, 0) is 58.1 Å². The quantitative estimate of drug-likeness (QED) is 0.266. The molecule has 0 saturated carbocycles. The molecule has 0 aromatic carbocycles. The second-order valence-corrected chi connectivity index (χ2v) is 3.09. The van der Waals surface area contributed by atoms with Crippen LogP contribution in [-0.4, -0.2) is 56.4 Å². The molecule has 10 nitrogen and oxygen atoms in total. The Morgan fingerprint density at radius 3 is 0.950 bits per heavy atom. The van der Waals surface area contributed by atoms with Crippen molar-refractivity contribution < 1.29 is 78.6 Å². The summed E-state index contributed by atoms with van der Waals surface area (Å²) >= 11 is 0. The summed E-state index contributed by atoms with van der Waals surface area (Å²) < 4.78 is 0. The van der Waals surface area contributed by atoms with Crippen molar-refractivity contribution in [3.8, 4) is 0 Å². The fourth-order valence-corrected chi connectivity index (χ4v) is 0.551. The molecule has 8 N–H and O–H groups in total. The summed E-state index contributed by atoms with van der Waals surface area (Å²) in [6.07, 6.45) is -1.06. The monoisotopic (exact) mass is 394 g/mol. The van der Waals surface area contributed by atoms with Crippen LogP contribution in [0, 0.1) is 0 Å². The molecule has 0 aliphatic carbocycles. The van der Waals surface area contributed by atoms with E-state index in [0.717, 1.165) is 0 Å². The van der Waals surface area contributed by atoms with Gasteiger partial charge in [-0.1, -0.05) is 0 Å². The van der Waals surface area contributed by atoms with Gasteiger partial charge < -0.3 is 31.9 Å². The van der Waals surface area contributed by atoms with Crippen molar-refractivity contribution in [3.05, 3.63) is 0 Å². The summed E-state index contributed by atoms with van der Waals surface area (Å²) in [5, 5.41) is 32.1. The first kappa shape index (κ1) is 27.4. The average molecular weight is 397 g/mol. The number of nitrogens with two attached hydrogens (primary N) is 2. The van der Waals surface area contributed by atoms with Crippen LogP contribution < -0.4 is 11.5 Å². The minimum absolute atomic E-state index is 0. The Kier molecular flexibility index (Phi) is 19.8. The van der Waals surface area contributed by atoms with Crippen LogP contribution in [0.4, 0.5) is 0 Å². The zero-order valence-electron chi connectivity index (χ0n) is 10.6. The Morgan fingerprint density at radius 1 is 0.700 bits per heavy atom. The molecule has 0 aliphatic heterocycles. The Hall–Kier alpha value is -0.953. The Balaban J connectivity index is -0.000000116. The molecular formula is C8H14N2O8Zn2. The van der Waals surface area contributed by atoms with E-state index >= 15 is 0 Å². The summed E-state index contributed by atoms with van der Waals surface area (Å²) in [6.45, 7) is 0. The average Bonchev–Trinajstić information content (AvgIpc) is 2.16. The minimum atomic E-state index is -1.29. The molecular weight excluding hydrogens is 383 g/mol. The van der Waals surface area contributed by atoms with Crippen LogP contribution in [0.5, 0.6) is 0 Å². The number of rotatable bonds is 6. The Morgan fingerprint density at radius 2 is 0.900 bits per heavy atom. The van der Waals surface area contributed by atoms with E-state index in [0.29, 0.717) is 0 Å². The van der Waals surface area contributed by atoms with E-state index in [9.17, 15) is 19.2 Å². The van der Waals surface area contributed by atoms with Gasteiger partial charge in [-0.25, -0.2) is 0 Å².